The number of nitrogens with one attached hydrogen (secondary N) is 1. The maximum absolute atomic E-state index is 11.3. The van der Waals surface area contributed by atoms with Crippen LogP contribution < -0.4 is 10.1 Å². The summed E-state index contributed by atoms with van der Waals surface area (Å²) < 4.78 is 4.98. The molecule has 1 rings (SSSR count). The summed E-state index contributed by atoms with van der Waals surface area (Å²) in [5, 5.41) is 10.9. The number of ketones is 1. The average molecular weight is 265 g/mol. The first kappa shape index (κ1) is 14.7. The van der Waals surface area contributed by atoms with E-state index in [4.69, 9.17) is 9.84 Å². The Balaban J connectivity index is 2.62. The quantitative estimate of drug-likeness (QED) is 0.663. The molecule has 0 heterocycles. The van der Waals surface area contributed by atoms with Crippen LogP contribution in [0.1, 0.15) is 12.5 Å². The number of amides is 1. The van der Waals surface area contributed by atoms with Gasteiger partial charge in [0.2, 0.25) is 6.41 Å². The predicted molar refractivity (Wildman–Crippen MR) is 66.9 cm³/mol. The van der Waals surface area contributed by atoms with Gasteiger partial charge in [-0.3, -0.25) is 9.59 Å². The number of carbonyl (C=O) groups excluding carboxylic acids is 2. The molecule has 0 aliphatic carbocycles. The van der Waals surface area contributed by atoms with E-state index < -0.39 is 18.6 Å². The van der Waals surface area contributed by atoms with Gasteiger partial charge in [-0.2, -0.15) is 0 Å². The lowest BCUT2D eigenvalue weighted by atomic mass is 10.0. The van der Waals surface area contributed by atoms with Crippen molar-refractivity contribution in [2.45, 2.75) is 19.4 Å². The molecule has 0 aromatic heterocycles. The second kappa shape index (κ2) is 7.15. The van der Waals surface area contributed by atoms with Crippen molar-refractivity contribution < 1.29 is 24.2 Å². The van der Waals surface area contributed by atoms with Crippen molar-refractivity contribution in [2.24, 2.45) is 0 Å². The Morgan fingerprint density at radius 3 is 2.47 bits per heavy atom. The first-order valence-electron chi connectivity index (χ1n) is 5.66. The molecule has 19 heavy (non-hydrogen) atoms. The fourth-order valence-electron chi connectivity index (χ4n) is 1.50. The number of carboxylic acid groups (broad SMARTS) is 1. The van der Waals surface area contributed by atoms with E-state index in [0.717, 1.165) is 5.56 Å². The molecule has 0 spiro atoms. The van der Waals surface area contributed by atoms with Gasteiger partial charge in [0.15, 0.2) is 12.4 Å². The van der Waals surface area contributed by atoms with Gasteiger partial charge in [-0.25, -0.2) is 4.79 Å². The zero-order valence-corrected chi connectivity index (χ0v) is 10.5. The van der Waals surface area contributed by atoms with Crippen LogP contribution in [0.2, 0.25) is 0 Å². The molecule has 2 N–H and O–H groups in total. The Morgan fingerprint density at radius 2 is 2.00 bits per heavy atom. The van der Waals surface area contributed by atoms with Gasteiger partial charge in [-0.15, -0.1) is 0 Å². The normalized spacial score (nSPS) is 11.4. The van der Waals surface area contributed by atoms with E-state index in [1.807, 2.05) is 0 Å². The zero-order chi connectivity index (χ0) is 14.3. The first-order valence-corrected chi connectivity index (χ1v) is 5.66. The number of rotatable bonds is 8. The lowest BCUT2D eigenvalue weighted by Gasteiger charge is -2.12. The van der Waals surface area contributed by atoms with Crippen molar-refractivity contribution in [1.29, 1.82) is 0 Å². The highest BCUT2D eigenvalue weighted by atomic mass is 16.5. The summed E-state index contributed by atoms with van der Waals surface area (Å²) >= 11 is 0. The molecule has 0 radical (unpaired) electrons. The molecule has 6 heteroatoms. The summed E-state index contributed by atoms with van der Waals surface area (Å²) in [4.78, 5) is 32.0. The topological polar surface area (TPSA) is 92.7 Å². The first-order chi connectivity index (χ1) is 9.02. The van der Waals surface area contributed by atoms with E-state index in [-0.39, 0.29) is 5.78 Å². The summed E-state index contributed by atoms with van der Waals surface area (Å²) in [6.45, 7) is 1.01. The Morgan fingerprint density at radius 1 is 1.37 bits per heavy atom. The van der Waals surface area contributed by atoms with Crippen LogP contribution in [-0.2, 0) is 20.8 Å². The Hall–Kier alpha value is -2.37. The lowest BCUT2D eigenvalue weighted by molar-refractivity contribution is -0.139. The standard InChI is InChI=1S/C13H15NO5/c1-9(16)12(14-8-15)6-10-2-4-11(5-3-10)19-7-13(17)18/h2-5,8,12H,6-7H2,1H3,(H,14,15)(H,17,18)/t12-/m0/s1. The third kappa shape index (κ3) is 5.20. The molecule has 0 bridgehead atoms. The molecule has 102 valence electrons. The number of carboxylic acids is 1. The van der Waals surface area contributed by atoms with Crippen LogP contribution in [0.25, 0.3) is 0 Å². The van der Waals surface area contributed by atoms with Gasteiger partial charge in [0.1, 0.15) is 5.75 Å². The zero-order valence-electron chi connectivity index (χ0n) is 10.5. The van der Waals surface area contributed by atoms with E-state index in [0.29, 0.717) is 18.6 Å². The fraction of sp³-hybridized carbons (Fsp3) is 0.308. The lowest BCUT2D eigenvalue weighted by Crippen LogP contribution is -2.36. The molecule has 0 aliphatic rings. The van der Waals surface area contributed by atoms with Crippen LogP contribution in [0.15, 0.2) is 24.3 Å². The van der Waals surface area contributed by atoms with Crippen molar-refractivity contribution in [1.82, 2.24) is 5.32 Å². The molecule has 0 aliphatic heterocycles. The van der Waals surface area contributed by atoms with Gasteiger partial charge in [-0.1, -0.05) is 12.1 Å². The van der Waals surface area contributed by atoms with Crippen LogP contribution in [0.4, 0.5) is 0 Å². The number of carbonyl (C=O) groups is 3. The number of ether oxygens (including phenoxy) is 1. The van der Waals surface area contributed by atoms with Crippen molar-refractivity contribution in [3.63, 3.8) is 0 Å². The maximum atomic E-state index is 11.3. The van der Waals surface area contributed by atoms with Crippen molar-refractivity contribution >= 4 is 18.2 Å². The molecule has 0 saturated heterocycles. The summed E-state index contributed by atoms with van der Waals surface area (Å²) in [6, 6.07) is 6.13. The van der Waals surface area contributed by atoms with Gasteiger partial charge in [0, 0.05) is 0 Å². The van der Waals surface area contributed by atoms with Crippen LogP contribution >= 0.6 is 0 Å². The van der Waals surface area contributed by atoms with Crippen LogP contribution in [0.5, 0.6) is 5.75 Å². The minimum Gasteiger partial charge on any atom is -0.482 e. The number of benzene rings is 1. The van der Waals surface area contributed by atoms with Crippen molar-refractivity contribution in [3.8, 4) is 5.75 Å². The minimum atomic E-state index is -1.05. The maximum Gasteiger partial charge on any atom is 0.341 e. The smallest absolute Gasteiger partial charge is 0.341 e. The largest absolute Gasteiger partial charge is 0.482 e. The molecule has 1 aromatic rings. The molecule has 0 fully saturated rings. The number of hydrogen-bond acceptors (Lipinski definition) is 4. The van der Waals surface area contributed by atoms with E-state index in [1.54, 1.807) is 24.3 Å². The average Bonchev–Trinajstić information content (AvgIpc) is 2.37. The molecule has 0 saturated carbocycles. The summed E-state index contributed by atoms with van der Waals surface area (Å²) in [5.41, 5.74) is 0.845. The number of Topliss-reactive ketones (excluding diaryl/α,β-unsaturated/α-hetero) is 1. The van der Waals surface area contributed by atoms with E-state index in [9.17, 15) is 14.4 Å². The fourth-order valence-corrected chi connectivity index (χ4v) is 1.50. The monoisotopic (exact) mass is 265 g/mol. The molecule has 1 aromatic carbocycles. The second-order valence-corrected chi connectivity index (χ2v) is 3.98. The molecular formula is C13H15NO5. The second-order valence-electron chi connectivity index (χ2n) is 3.98. The highest BCUT2D eigenvalue weighted by Crippen LogP contribution is 2.13. The van der Waals surface area contributed by atoms with Gasteiger partial charge >= 0.3 is 5.97 Å². The SMILES string of the molecule is CC(=O)[C@H](Cc1ccc(OCC(=O)O)cc1)NC=O. The Labute approximate surface area is 110 Å². The molecule has 1 atom stereocenters. The third-order valence-corrected chi connectivity index (χ3v) is 2.49. The Kier molecular flexibility index (Phi) is 5.53. The molecular weight excluding hydrogens is 250 g/mol. The predicted octanol–water partition coefficient (Wildman–Crippen LogP) is 0.396. The molecule has 1 amide bonds. The van der Waals surface area contributed by atoms with E-state index in [1.165, 1.54) is 6.92 Å². The van der Waals surface area contributed by atoms with Crippen LogP contribution in [0, 0.1) is 0 Å². The highest BCUT2D eigenvalue weighted by Gasteiger charge is 2.13. The highest BCUT2D eigenvalue weighted by molar-refractivity contribution is 5.83. The van der Waals surface area contributed by atoms with Gasteiger partial charge < -0.3 is 15.2 Å². The summed E-state index contributed by atoms with van der Waals surface area (Å²) in [7, 11) is 0. The summed E-state index contributed by atoms with van der Waals surface area (Å²) in [5.74, 6) is -0.733. The number of hydrogen-bond donors (Lipinski definition) is 2. The van der Waals surface area contributed by atoms with Crippen LogP contribution in [-0.4, -0.2) is 35.9 Å². The van der Waals surface area contributed by atoms with E-state index >= 15 is 0 Å². The third-order valence-electron chi connectivity index (χ3n) is 2.49. The van der Waals surface area contributed by atoms with Crippen molar-refractivity contribution in [2.75, 3.05) is 6.61 Å². The molecule has 0 unspecified atom stereocenters. The van der Waals surface area contributed by atoms with Gasteiger partial charge in [0.25, 0.3) is 0 Å². The summed E-state index contributed by atoms with van der Waals surface area (Å²) in [6.07, 6.45) is 0.879. The van der Waals surface area contributed by atoms with E-state index in [2.05, 4.69) is 5.32 Å². The Bertz CT molecular complexity index is 455. The van der Waals surface area contributed by atoms with Crippen LogP contribution in [0.3, 0.4) is 0 Å². The van der Waals surface area contributed by atoms with Gasteiger partial charge in [-0.05, 0) is 31.0 Å². The number of aliphatic carboxylic acids is 1. The molecule has 6 nitrogen and oxygen atoms in total. The van der Waals surface area contributed by atoms with Gasteiger partial charge in [0.05, 0.1) is 6.04 Å². The minimum absolute atomic E-state index is 0.127. The van der Waals surface area contributed by atoms with Crippen molar-refractivity contribution in [3.05, 3.63) is 29.8 Å².